The third-order valence-electron chi connectivity index (χ3n) is 6.53. The van der Waals surface area contributed by atoms with E-state index >= 15 is 4.39 Å². The van der Waals surface area contributed by atoms with E-state index in [1.165, 1.54) is 19.2 Å². The van der Waals surface area contributed by atoms with E-state index in [-0.39, 0.29) is 17.9 Å². The van der Waals surface area contributed by atoms with Gasteiger partial charge in [0.1, 0.15) is 5.60 Å². The van der Waals surface area contributed by atoms with Gasteiger partial charge in [-0.25, -0.2) is 13.8 Å². The van der Waals surface area contributed by atoms with Crippen molar-refractivity contribution in [2.24, 2.45) is 0 Å². The van der Waals surface area contributed by atoms with Gasteiger partial charge in [0.15, 0.2) is 11.6 Å². The number of methoxy groups -OCH3 is 1. The van der Waals surface area contributed by atoms with Crippen LogP contribution in [0.4, 0.5) is 8.78 Å². The largest absolute Gasteiger partial charge is 0.481 e. The highest BCUT2D eigenvalue weighted by molar-refractivity contribution is 6.30. The number of aromatic nitrogens is 1. The van der Waals surface area contributed by atoms with Crippen LogP contribution in [-0.4, -0.2) is 42.7 Å². The lowest BCUT2D eigenvalue weighted by molar-refractivity contribution is 0.0000423. The van der Waals surface area contributed by atoms with E-state index in [1.54, 1.807) is 18.3 Å². The Morgan fingerprint density at radius 3 is 2.32 bits per heavy atom. The van der Waals surface area contributed by atoms with Gasteiger partial charge in [-0.2, -0.15) is 0 Å². The third kappa shape index (κ3) is 5.67. The Kier molecular flexibility index (Phi) is 8.22. The number of pyridine rings is 1. The Morgan fingerprint density at radius 2 is 1.68 bits per heavy atom. The molecule has 0 radical (unpaired) electrons. The van der Waals surface area contributed by atoms with Crippen LogP contribution in [0.3, 0.4) is 0 Å². The third-order valence-corrected chi connectivity index (χ3v) is 6.78. The van der Waals surface area contributed by atoms with Crippen molar-refractivity contribution in [3.05, 3.63) is 118 Å². The molecule has 0 amide bonds. The Bertz CT molecular complexity index is 1350. The van der Waals surface area contributed by atoms with Crippen molar-refractivity contribution >= 4 is 11.6 Å². The predicted octanol–water partition coefficient (Wildman–Crippen LogP) is 6.66. The van der Waals surface area contributed by atoms with Crippen LogP contribution >= 0.6 is 11.6 Å². The van der Waals surface area contributed by atoms with Crippen LogP contribution < -0.4 is 4.74 Å². The van der Waals surface area contributed by atoms with Gasteiger partial charge in [-0.15, -0.1) is 0 Å². The standard InChI is InChI=1S/C30H29ClF2N2O2/c1-35(2)17-16-30(36,25-10-7-11-26(32)28(25)33)27(21-8-5-4-6-9-21)24-18-22(19-34-29(24)37-3)20-12-14-23(31)15-13-20/h4-15,18-19,27,36H,16-17H2,1-3H3. The minimum Gasteiger partial charge on any atom is -0.481 e. The van der Waals surface area contributed by atoms with Gasteiger partial charge in [0, 0.05) is 40.4 Å². The number of nitrogens with zero attached hydrogens (tertiary/aromatic N) is 2. The van der Waals surface area contributed by atoms with Crippen LogP contribution in [0.1, 0.15) is 29.0 Å². The van der Waals surface area contributed by atoms with Gasteiger partial charge in [0.2, 0.25) is 5.88 Å². The molecule has 4 aromatic rings. The second-order valence-electron chi connectivity index (χ2n) is 9.25. The Morgan fingerprint density at radius 1 is 0.973 bits per heavy atom. The molecular weight excluding hydrogens is 494 g/mol. The molecule has 0 aliphatic rings. The lowest BCUT2D eigenvalue weighted by atomic mass is 9.71. The lowest BCUT2D eigenvalue weighted by Gasteiger charge is -2.39. The van der Waals surface area contributed by atoms with Crippen LogP contribution in [-0.2, 0) is 5.60 Å². The fourth-order valence-corrected chi connectivity index (χ4v) is 4.80. The van der Waals surface area contributed by atoms with Gasteiger partial charge >= 0.3 is 0 Å². The van der Waals surface area contributed by atoms with Gasteiger partial charge in [-0.3, -0.25) is 0 Å². The van der Waals surface area contributed by atoms with E-state index in [2.05, 4.69) is 4.98 Å². The summed E-state index contributed by atoms with van der Waals surface area (Å²) < 4.78 is 35.5. The van der Waals surface area contributed by atoms with Crippen molar-refractivity contribution in [2.45, 2.75) is 17.9 Å². The number of hydrogen-bond donors (Lipinski definition) is 1. The van der Waals surface area contributed by atoms with Crippen LogP contribution in [0, 0.1) is 11.6 Å². The maximum absolute atomic E-state index is 15.4. The number of halogens is 3. The highest BCUT2D eigenvalue weighted by atomic mass is 35.5. The van der Waals surface area contributed by atoms with E-state index in [9.17, 15) is 9.50 Å². The molecule has 0 bridgehead atoms. The van der Waals surface area contributed by atoms with Gasteiger partial charge < -0.3 is 14.7 Å². The molecule has 2 unspecified atom stereocenters. The monoisotopic (exact) mass is 522 g/mol. The first kappa shape index (κ1) is 26.7. The molecular formula is C30H29ClF2N2O2. The molecule has 0 aliphatic heterocycles. The average Bonchev–Trinajstić information content (AvgIpc) is 2.90. The minimum absolute atomic E-state index is 0.119. The SMILES string of the molecule is COc1ncc(-c2ccc(Cl)cc2)cc1C(c1ccccc1)C(O)(CCN(C)C)c1cccc(F)c1F. The van der Waals surface area contributed by atoms with Crippen LogP contribution in [0.2, 0.25) is 5.02 Å². The fourth-order valence-electron chi connectivity index (χ4n) is 4.67. The molecule has 4 rings (SSSR count). The maximum Gasteiger partial charge on any atom is 0.217 e. The first-order valence-corrected chi connectivity index (χ1v) is 12.3. The molecule has 0 aliphatic carbocycles. The zero-order chi connectivity index (χ0) is 26.6. The fraction of sp³-hybridized carbons (Fsp3) is 0.233. The Hall–Kier alpha value is -3.32. The average molecular weight is 523 g/mol. The summed E-state index contributed by atoms with van der Waals surface area (Å²) in [5, 5.41) is 13.1. The highest BCUT2D eigenvalue weighted by Gasteiger charge is 2.44. The number of aliphatic hydroxyl groups is 1. The van der Waals surface area contributed by atoms with Crippen LogP contribution in [0.25, 0.3) is 11.1 Å². The Labute approximate surface area is 221 Å². The van der Waals surface area contributed by atoms with E-state index in [4.69, 9.17) is 16.3 Å². The summed E-state index contributed by atoms with van der Waals surface area (Å²) in [5.74, 6) is -2.65. The van der Waals surface area contributed by atoms with Crippen molar-refractivity contribution in [3.8, 4) is 17.0 Å². The lowest BCUT2D eigenvalue weighted by Crippen LogP contribution is -2.38. The van der Waals surface area contributed by atoms with Crippen molar-refractivity contribution in [1.29, 1.82) is 0 Å². The first-order chi connectivity index (χ1) is 17.7. The molecule has 37 heavy (non-hydrogen) atoms. The van der Waals surface area contributed by atoms with E-state index in [0.717, 1.165) is 17.2 Å². The van der Waals surface area contributed by atoms with Gasteiger partial charge in [0.05, 0.1) is 7.11 Å². The Balaban J connectivity index is 2.01. The molecule has 1 aromatic heterocycles. The predicted molar refractivity (Wildman–Crippen MR) is 143 cm³/mol. The molecule has 4 nitrogen and oxygen atoms in total. The summed E-state index contributed by atoms with van der Waals surface area (Å²) in [6.07, 6.45) is 1.80. The van der Waals surface area contributed by atoms with Crippen LogP contribution in [0.15, 0.2) is 85.1 Å². The van der Waals surface area contributed by atoms with Gasteiger partial charge in [-0.1, -0.05) is 66.2 Å². The number of ether oxygens (including phenoxy) is 1. The summed E-state index contributed by atoms with van der Waals surface area (Å²) >= 11 is 6.09. The minimum atomic E-state index is -1.84. The number of hydrogen-bond acceptors (Lipinski definition) is 4. The van der Waals surface area contributed by atoms with Crippen molar-refractivity contribution in [3.63, 3.8) is 0 Å². The molecule has 7 heteroatoms. The van der Waals surface area contributed by atoms with E-state index in [0.29, 0.717) is 22.7 Å². The van der Waals surface area contributed by atoms with Crippen molar-refractivity contribution < 1.29 is 18.6 Å². The molecule has 2 atom stereocenters. The summed E-state index contributed by atoms with van der Waals surface area (Å²) in [5.41, 5.74) is 0.921. The van der Waals surface area contributed by atoms with Crippen molar-refractivity contribution in [2.75, 3.05) is 27.7 Å². The van der Waals surface area contributed by atoms with Gasteiger partial charge in [-0.05, 0) is 55.9 Å². The first-order valence-electron chi connectivity index (χ1n) is 11.9. The molecule has 0 spiro atoms. The quantitative estimate of drug-likeness (QED) is 0.267. The summed E-state index contributed by atoms with van der Waals surface area (Å²) in [6, 6.07) is 22.4. The number of rotatable bonds is 9. The molecule has 3 aromatic carbocycles. The zero-order valence-corrected chi connectivity index (χ0v) is 21.7. The second kappa shape index (κ2) is 11.4. The van der Waals surface area contributed by atoms with E-state index in [1.807, 2.05) is 67.5 Å². The second-order valence-corrected chi connectivity index (χ2v) is 9.69. The molecule has 0 fully saturated rings. The molecule has 192 valence electrons. The normalized spacial score (nSPS) is 13.8. The van der Waals surface area contributed by atoms with E-state index < -0.39 is 23.2 Å². The smallest absolute Gasteiger partial charge is 0.217 e. The highest BCUT2D eigenvalue weighted by Crippen LogP contribution is 2.48. The zero-order valence-electron chi connectivity index (χ0n) is 21.0. The van der Waals surface area contributed by atoms with Crippen molar-refractivity contribution in [1.82, 2.24) is 9.88 Å². The summed E-state index contributed by atoms with van der Waals surface area (Å²) in [4.78, 5) is 6.43. The maximum atomic E-state index is 15.4. The summed E-state index contributed by atoms with van der Waals surface area (Å²) in [7, 11) is 5.23. The number of benzene rings is 3. The molecule has 0 saturated carbocycles. The van der Waals surface area contributed by atoms with Crippen LogP contribution in [0.5, 0.6) is 5.88 Å². The molecule has 0 saturated heterocycles. The van der Waals surface area contributed by atoms with Gasteiger partial charge in [0.25, 0.3) is 0 Å². The molecule has 1 heterocycles. The topological polar surface area (TPSA) is 45.6 Å². The summed E-state index contributed by atoms with van der Waals surface area (Å²) in [6.45, 7) is 0.419. The molecule has 1 N–H and O–H groups in total.